The summed E-state index contributed by atoms with van der Waals surface area (Å²) in [4.78, 5) is 6.04. The molecule has 2 unspecified atom stereocenters. The van der Waals surface area contributed by atoms with Crippen molar-refractivity contribution in [3.63, 3.8) is 0 Å². The molecular formula is C34H49NO4. The minimum atomic E-state index is -1.10. The van der Waals surface area contributed by atoms with Crippen LogP contribution in [0.2, 0.25) is 0 Å². The molecule has 39 heavy (non-hydrogen) atoms. The van der Waals surface area contributed by atoms with Crippen molar-refractivity contribution in [3.8, 4) is 0 Å². The Morgan fingerprint density at radius 2 is 1.92 bits per heavy atom. The van der Waals surface area contributed by atoms with Crippen LogP contribution in [0.1, 0.15) is 84.1 Å². The number of hydrogen-bond donors (Lipinski definition) is 3. The monoisotopic (exact) mass is 535 g/mol. The van der Waals surface area contributed by atoms with Gasteiger partial charge in [-0.3, -0.25) is 4.84 Å². The lowest BCUT2D eigenvalue weighted by molar-refractivity contribution is -0.277. The van der Waals surface area contributed by atoms with Crippen molar-refractivity contribution in [3.05, 3.63) is 71.3 Å². The summed E-state index contributed by atoms with van der Waals surface area (Å²) in [5.41, 5.74) is 4.86. The van der Waals surface area contributed by atoms with Crippen molar-refractivity contribution in [1.29, 1.82) is 0 Å². The number of rotatable bonds is 7. The average molecular weight is 536 g/mol. The molecule has 1 saturated heterocycles. The molecule has 3 aliphatic carbocycles. The Morgan fingerprint density at radius 3 is 2.69 bits per heavy atom. The third-order valence-corrected chi connectivity index (χ3v) is 10.4. The molecule has 1 heterocycles. The lowest BCUT2D eigenvalue weighted by Gasteiger charge is -2.45. The minimum absolute atomic E-state index is 0.222. The van der Waals surface area contributed by atoms with Gasteiger partial charge in [-0.1, -0.05) is 68.5 Å². The van der Waals surface area contributed by atoms with Crippen LogP contribution in [0.3, 0.4) is 0 Å². The summed E-state index contributed by atoms with van der Waals surface area (Å²) in [6.07, 6.45) is 13.0. The molecule has 1 aromatic rings. The summed E-state index contributed by atoms with van der Waals surface area (Å²) in [6, 6.07) is 10.7. The summed E-state index contributed by atoms with van der Waals surface area (Å²) in [7, 11) is 0. The van der Waals surface area contributed by atoms with Crippen molar-refractivity contribution in [1.82, 2.24) is 5.06 Å². The maximum Gasteiger partial charge on any atom is 0.184 e. The fourth-order valence-corrected chi connectivity index (χ4v) is 8.49. The molecule has 1 aromatic carbocycles. The summed E-state index contributed by atoms with van der Waals surface area (Å²) < 4.78 is 0. The third-order valence-electron chi connectivity index (χ3n) is 10.4. The number of allylic oxidation sites excluding steroid dienone is 3. The van der Waals surface area contributed by atoms with E-state index < -0.39 is 18.0 Å². The quantitative estimate of drug-likeness (QED) is 0.393. The minimum Gasteiger partial charge on any atom is -0.393 e. The van der Waals surface area contributed by atoms with Crippen LogP contribution in [0.5, 0.6) is 0 Å². The van der Waals surface area contributed by atoms with Gasteiger partial charge in [0.15, 0.2) is 5.79 Å². The van der Waals surface area contributed by atoms with E-state index in [1.165, 1.54) is 36.8 Å². The molecule has 0 amide bonds. The lowest BCUT2D eigenvalue weighted by atomic mass is 9.60. The molecule has 0 aromatic heterocycles. The van der Waals surface area contributed by atoms with Crippen molar-refractivity contribution < 1.29 is 20.2 Å². The Hall–Kier alpha value is -1.76. The van der Waals surface area contributed by atoms with Gasteiger partial charge in [0, 0.05) is 25.4 Å². The van der Waals surface area contributed by atoms with Gasteiger partial charge in [0.25, 0.3) is 0 Å². The van der Waals surface area contributed by atoms with Crippen LogP contribution >= 0.6 is 0 Å². The smallest absolute Gasteiger partial charge is 0.184 e. The normalized spacial score (nSPS) is 40.4. The molecule has 5 rings (SSSR count). The van der Waals surface area contributed by atoms with Gasteiger partial charge < -0.3 is 15.3 Å². The Balaban J connectivity index is 1.26. The van der Waals surface area contributed by atoms with Crippen molar-refractivity contribution in [2.24, 2.45) is 23.2 Å². The highest BCUT2D eigenvalue weighted by atomic mass is 16.8. The number of aliphatic hydroxyl groups excluding tert-OH is 2. The topological polar surface area (TPSA) is 73.2 Å². The van der Waals surface area contributed by atoms with Crippen LogP contribution in [0.15, 0.2) is 65.8 Å². The molecule has 3 saturated carbocycles. The molecule has 0 radical (unpaired) electrons. The predicted octanol–water partition coefficient (Wildman–Crippen LogP) is 6.11. The lowest BCUT2D eigenvalue weighted by Crippen LogP contribution is -2.38. The zero-order chi connectivity index (χ0) is 27.8. The van der Waals surface area contributed by atoms with Crippen LogP contribution in [-0.4, -0.2) is 51.0 Å². The first-order valence-electron chi connectivity index (χ1n) is 15.2. The van der Waals surface area contributed by atoms with Gasteiger partial charge in [0.05, 0.1) is 12.2 Å². The van der Waals surface area contributed by atoms with Crippen LogP contribution in [0.4, 0.5) is 0 Å². The first-order chi connectivity index (χ1) is 18.6. The molecule has 3 N–H and O–H groups in total. The summed E-state index contributed by atoms with van der Waals surface area (Å²) >= 11 is 0. The fourth-order valence-electron chi connectivity index (χ4n) is 8.49. The van der Waals surface area contributed by atoms with E-state index in [9.17, 15) is 15.3 Å². The van der Waals surface area contributed by atoms with E-state index in [2.05, 4.69) is 61.9 Å². The Kier molecular flexibility index (Phi) is 8.57. The van der Waals surface area contributed by atoms with E-state index in [4.69, 9.17) is 4.84 Å². The van der Waals surface area contributed by atoms with E-state index in [1.807, 2.05) is 6.07 Å². The third kappa shape index (κ3) is 6.28. The van der Waals surface area contributed by atoms with Gasteiger partial charge >= 0.3 is 0 Å². The van der Waals surface area contributed by atoms with Gasteiger partial charge in [0.1, 0.15) is 0 Å². The molecule has 5 nitrogen and oxygen atoms in total. The zero-order valence-electron chi connectivity index (χ0n) is 24.2. The van der Waals surface area contributed by atoms with Crippen LogP contribution < -0.4 is 0 Å². The molecule has 0 bridgehead atoms. The van der Waals surface area contributed by atoms with E-state index in [0.717, 1.165) is 37.0 Å². The number of nitrogens with zero attached hydrogens (tertiary/aromatic N) is 1. The number of benzene rings is 1. The van der Waals surface area contributed by atoms with Crippen LogP contribution in [0, 0.1) is 23.2 Å². The SMILES string of the molecule is C=C1C(=CC=C2CCC[C@]3(C)[C@@H]([C@H](C)CC4CC(C)(O)ON4CCc4ccccc4)CC[C@@H]23)C[C@@H](O)C[C@@H]1O. The second kappa shape index (κ2) is 11.6. The summed E-state index contributed by atoms with van der Waals surface area (Å²) in [5.74, 6) is 0.678. The standard InChI is InChI=1S/C34H49NO4/c1-23(19-28-22-34(4,38)39-35(28)18-16-25-9-6-5-7-10-25)30-14-15-31-26(11-8-17-33(30,31)3)12-13-27-20-29(36)21-32(37)24(27)2/h5-7,9-10,12-13,23,28-32,36-38H,2,8,11,14-22H2,1,3-4H3/t23-,28?,29-,30-,31+,32+,33-,34?/m1/s1. The van der Waals surface area contributed by atoms with E-state index in [-0.39, 0.29) is 11.5 Å². The molecule has 4 aliphatic rings. The molecule has 0 spiro atoms. The summed E-state index contributed by atoms with van der Waals surface area (Å²) in [6.45, 7) is 11.6. The summed E-state index contributed by atoms with van der Waals surface area (Å²) in [5, 5.41) is 33.3. The maximum absolute atomic E-state index is 10.8. The number of fused-ring (bicyclic) bond motifs is 1. The second-order valence-corrected chi connectivity index (χ2v) is 13.4. The Labute approximate surface area is 235 Å². The van der Waals surface area contributed by atoms with Gasteiger partial charge in [-0.2, -0.15) is 5.06 Å². The zero-order valence-corrected chi connectivity index (χ0v) is 24.2. The van der Waals surface area contributed by atoms with Gasteiger partial charge in [-0.05, 0) is 98.2 Å². The number of aliphatic hydroxyl groups is 3. The van der Waals surface area contributed by atoms with E-state index in [1.54, 1.807) is 6.92 Å². The van der Waals surface area contributed by atoms with Crippen molar-refractivity contribution in [2.75, 3.05) is 6.54 Å². The first-order valence-corrected chi connectivity index (χ1v) is 15.2. The molecule has 1 aliphatic heterocycles. The van der Waals surface area contributed by atoms with Crippen LogP contribution in [-0.2, 0) is 11.3 Å². The van der Waals surface area contributed by atoms with Crippen LogP contribution in [0.25, 0.3) is 0 Å². The van der Waals surface area contributed by atoms with E-state index in [0.29, 0.717) is 37.0 Å². The van der Waals surface area contributed by atoms with Gasteiger partial charge in [0.2, 0.25) is 0 Å². The second-order valence-electron chi connectivity index (χ2n) is 13.4. The molecule has 8 atom stereocenters. The Bertz CT molecular complexity index is 1080. The largest absolute Gasteiger partial charge is 0.393 e. The maximum atomic E-state index is 10.8. The van der Waals surface area contributed by atoms with Gasteiger partial charge in [-0.15, -0.1) is 0 Å². The number of hydrogen-bond acceptors (Lipinski definition) is 5. The fraction of sp³-hybridized carbons (Fsp3) is 0.647. The highest BCUT2D eigenvalue weighted by molar-refractivity contribution is 5.38. The van der Waals surface area contributed by atoms with Crippen molar-refractivity contribution >= 4 is 0 Å². The highest BCUT2D eigenvalue weighted by Gasteiger charge is 2.52. The number of hydroxylamine groups is 2. The molecular weight excluding hydrogens is 486 g/mol. The first kappa shape index (κ1) is 28.8. The molecule has 4 fully saturated rings. The predicted molar refractivity (Wildman–Crippen MR) is 155 cm³/mol. The van der Waals surface area contributed by atoms with Gasteiger partial charge in [-0.25, -0.2) is 0 Å². The average Bonchev–Trinajstić information content (AvgIpc) is 3.39. The van der Waals surface area contributed by atoms with Crippen molar-refractivity contribution in [2.45, 2.75) is 109 Å². The molecule has 214 valence electrons. The highest BCUT2D eigenvalue weighted by Crippen LogP contribution is 2.60. The molecule has 5 heteroatoms. The Morgan fingerprint density at radius 1 is 1.15 bits per heavy atom. The van der Waals surface area contributed by atoms with E-state index >= 15 is 0 Å².